The van der Waals surface area contributed by atoms with Crippen LogP contribution in [-0.2, 0) is 16.0 Å². The lowest BCUT2D eigenvalue weighted by Crippen LogP contribution is -2.43. The number of benzene rings is 3. The van der Waals surface area contributed by atoms with Crippen molar-refractivity contribution in [3.63, 3.8) is 0 Å². The van der Waals surface area contributed by atoms with E-state index in [0.717, 1.165) is 53.4 Å². The zero-order valence-electron chi connectivity index (χ0n) is 22.4. The van der Waals surface area contributed by atoms with Gasteiger partial charge in [-0.05, 0) is 54.8 Å². The number of nitrogens with zero attached hydrogens (tertiary/aromatic N) is 2. The van der Waals surface area contributed by atoms with Crippen molar-refractivity contribution in [3.8, 4) is 5.69 Å². The van der Waals surface area contributed by atoms with Crippen molar-refractivity contribution >= 4 is 33.7 Å². The number of hydrogen-bond acceptors (Lipinski definition) is 4. The van der Waals surface area contributed by atoms with Crippen LogP contribution in [0.1, 0.15) is 54.1 Å². The van der Waals surface area contributed by atoms with Gasteiger partial charge in [0.15, 0.2) is 0 Å². The second-order valence-corrected chi connectivity index (χ2v) is 10.4. The summed E-state index contributed by atoms with van der Waals surface area (Å²) in [7, 11) is 1.31. The molecule has 0 radical (unpaired) electrons. The molecule has 1 aliphatic rings. The van der Waals surface area contributed by atoms with E-state index >= 15 is 0 Å². The van der Waals surface area contributed by atoms with Crippen LogP contribution < -0.4 is 10.9 Å². The Morgan fingerprint density at radius 3 is 2.50 bits per heavy atom. The lowest BCUT2D eigenvalue weighted by atomic mass is 9.95. The lowest BCUT2D eigenvalue weighted by molar-refractivity contribution is -0.142. The number of aromatic nitrogens is 3. The number of methoxy groups -OCH3 is 1. The molecule has 1 saturated carbocycles. The summed E-state index contributed by atoms with van der Waals surface area (Å²) >= 11 is 0. The number of nitrogens with one attached hydrogen (secondary N) is 2. The average molecular weight is 537 g/mol. The molecule has 0 saturated heterocycles. The molecule has 5 aromatic rings. The SMILES string of the molecule is COC(=O)C(Cc1c[nH]c2ccccc12)NC(=O)c1ccc2c(c1)c(=O)n(-c1ccccc1)n2C1CCCCC1. The highest BCUT2D eigenvalue weighted by Gasteiger charge is 2.26. The highest BCUT2D eigenvalue weighted by Crippen LogP contribution is 2.32. The molecule has 204 valence electrons. The molecular weight excluding hydrogens is 504 g/mol. The third kappa shape index (κ3) is 4.70. The maximum absolute atomic E-state index is 13.8. The van der Waals surface area contributed by atoms with Gasteiger partial charge in [-0.2, -0.15) is 0 Å². The molecule has 1 amide bonds. The number of ether oxygens (including phenoxy) is 1. The number of rotatable bonds is 7. The molecule has 1 unspecified atom stereocenters. The number of H-pyrrole nitrogens is 1. The van der Waals surface area contributed by atoms with E-state index in [2.05, 4.69) is 15.0 Å². The van der Waals surface area contributed by atoms with E-state index in [-0.39, 0.29) is 18.0 Å². The van der Waals surface area contributed by atoms with Crippen LogP contribution in [0, 0.1) is 0 Å². The lowest BCUT2D eigenvalue weighted by Gasteiger charge is -2.26. The van der Waals surface area contributed by atoms with Crippen LogP contribution in [0.5, 0.6) is 0 Å². The molecule has 0 aliphatic heterocycles. The first-order valence-corrected chi connectivity index (χ1v) is 13.8. The molecule has 8 nitrogen and oxygen atoms in total. The van der Waals surface area contributed by atoms with Crippen molar-refractivity contribution in [1.29, 1.82) is 0 Å². The molecule has 40 heavy (non-hydrogen) atoms. The predicted molar refractivity (Wildman–Crippen MR) is 155 cm³/mol. The number of fused-ring (bicyclic) bond motifs is 2. The van der Waals surface area contributed by atoms with Crippen molar-refractivity contribution in [2.75, 3.05) is 7.11 Å². The first-order valence-electron chi connectivity index (χ1n) is 13.8. The molecule has 3 aromatic carbocycles. The topological polar surface area (TPSA) is 98.1 Å². The van der Waals surface area contributed by atoms with Gasteiger partial charge in [-0.1, -0.05) is 55.7 Å². The van der Waals surface area contributed by atoms with Crippen molar-refractivity contribution in [2.24, 2.45) is 0 Å². The Kier molecular flexibility index (Phi) is 6.99. The van der Waals surface area contributed by atoms with Crippen LogP contribution >= 0.6 is 0 Å². The highest BCUT2D eigenvalue weighted by atomic mass is 16.5. The average Bonchev–Trinajstić information content (AvgIpc) is 3.55. The van der Waals surface area contributed by atoms with Crippen LogP contribution in [0.3, 0.4) is 0 Å². The first kappa shape index (κ1) is 25.7. The summed E-state index contributed by atoms with van der Waals surface area (Å²) in [5.74, 6) is -0.970. The second kappa shape index (κ2) is 10.9. The molecule has 2 aromatic heterocycles. The monoisotopic (exact) mass is 536 g/mol. The van der Waals surface area contributed by atoms with Crippen molar-refractivity contribution in [1.82, 2.24) is 19.7 Å². The molecular formula is C32H32N4O4. The Morgan fingerprint density at radius 1 is 0.975 bits per heavy atom. The third-order valence-corrected chi connectivity index (χ3v) is 7.96. The van der Waals surface area contributed by atoms with Gasteiger partial charge in [0.25, 0.3) is 11.5 Å². The summed E-state index contributed by atoms with van der Waals surface area (Å²) in [5.41, 5.74) is 3.61. The van der Waals surface area contributed by atoms with Crippen LogP contribution in [-0.4, -0.2) is 39.4 Å². The van der Waals surface area contributed by atoms with Gasteiger partial charge in [-0.15, -0.1) is 0 Å². The minimum atomic E-state index is -0.889. The molecule has 0 bridgehead atoms. The minimum Gasteiger partial charge on any atom is -0.467 e. The quantitative estimate of drug-likeness (QED) is 0.276. The molecule has 6 rings (SSSR count). The molecule has 2 N–H and O–H groups in total. The van der Waals surface area contributed by atoms with Gasteiger partial charge in [-0.25, -0.2) is 9.48 Å². The third-order valence-electron chi connectivity index (χ3n) is 7.96. The van der Waals surface area contributed by atoms with Gasteiger partial charge in [-0.3, -0.25) is 14.3 Å². The summed E-state index contributed by atoms with van der Waals surface area (Å²) in [4.78, 5) is 43.1. The van der Waals surface area contributed by atoms with Gasteiger partial charge in [0.05, 0.1) is 29.7 Å². The van der Waals surface area contributed by atoms with Gasteiger partial charge in [0.1, 0.15) is 6.04 Å². The van der Waals surface area contributed by atoms with Crippen LogP contribution in [0.4, 0.5) is 0 Å². The number of carbonyl (C=O) groups excluding carboxylic acids is 2. The number of para-hydroxylation sites is 2. The van der Waals surface area contributed by atoms with Crippen molar-refractivity contribution < 1.29 is 14.3 Å². The predicted octanol–water partition coefficient (Wildman–Crippen LogP) is 5.29. The fourth-order valence-corrected chi connectivity index (χ4v) is 5.96. The summed E-state index contributed by atoms with van der Waals surface area (Å²) in [6.07, 6.45) is 7.58. The van der Waals surface area contributed by atoms with E-state index in [1.165, 1.54) is 13.5 Å². The molecule has 1 fully saturated rings. The summed E-state index contributed by atoms with van der Waals surface area (Å²) in [6, 6.07) is 22.0. The Labute approximate surface area is 231 Å². The number of carbonyl (C=O) groups is 2. The Bertz CT molecular complexity index is 1740. The number of esters is 1. The second-order valence-electron chi connectivity index (χ2n) is 10.4. The Hall–Kier alpha value is -4.59. The largest absolute Gasteiger partial charge is 0.467 e. The maximum atomic E-state index is 13.8. The molecule has 1 aliphatic carbocycles. The van der Waals surface area contributed by atoms with E-state index in [4.69, 9.17) is 4.74 Å². The minimum absolute atomic E-state index is 0.162. The van der Waals surface area contributed by atoms with Crippen molar-refractivity contribution in [2.45, 2.75) is 50.6 Å². The van der Waals surface area contributed by atoms with Crippen LogP contribution in [0.25, 0.3) is 27.5 Å². The summed E-state index contributed by atoms with van der Waals surface area (Å²) in [6.45, 7) is 0. The Balaban J connectivity index is 1.35. The normalized spacial score (nSPS) is 14.8. The fourth-order valence-electron chi connectivity index (χ4n) is 5.96. The van der Waals surface area contributed by atoms with E-state index in [1.54, 1.807) is 16.8 Å². The number of amides is 1. The van der Waals surface area contributed by atoms with Gasteiger partial charge in [0, 0.05) is 29.1 Å². The number of aromatic amines is 1. The van der Waals surface area contributed by atoms with Crippen LogP contribution in [0.2, 0.25) is 0 Å². The van der Waals surface area contributed by atoms with Crippen molar-refractivity contribution in [3.05, 3.63) is 100 Å². The zero-order chi connectivity index (χ0) is 27.6. The first-order chi connectivity index (χ1) is 19.5. The Morgan fingerprint density at radius 2 is 1.73 bits per heavy atom. The van der Waals surface area contributed by atoms with Gasteiger partial charge >= 0.3 is 5.97 Å². The summed E-state index contributed by atoms with van der Waals surface area (Å²) < 4.78 is 8.87. The zero-order valence-corrected chi connectivity index (χ0v) is 22.4. The fraction of sp³-hybridized carbons (Fsp3) is 0.281. The van der Waals surface area contributed by atoms with E-state index in [9.17, 15) is 14.4 Å². The summed E-state index contributed by atoms with van der Waals surface area (Å²) in [5, 5.41) is 4.31. The van der Waals surface area contributed by atoms with E-state index < -0.39 is 17.9 Å². The van der Waals surface area contributed by atoms with E-state index in [1.807, 2.05) is 66.9 Å². The van der Waals surface area contributed by atoms with Crippen LogP contribution in [0.15, 0.2) is 83.8 Å². The highest BCUT2D eigenvalue weighted by molar-refractivity contribution is 6.00. The number of hydrogen-bond donors (Lipinski definition) is 2. The van der Waals surface area contributed by atoms with Gasteiger partial charge < -0.3 is 15.0 Å². The smallest absolute Gasteiger partial charge is 0.328 e. The molecule has 2 heterocycles. The van der Waals surface area contributed by atoms with Gasteiger partial charge in [0.2, 0.25) is 0 Å². The maximum Gasteiger partial charge on any atom is 0.328 e. The molecule has 8 heteroatoms. The molecule has 0 spiro atoms. The standard InChI is InChI=1S/C32H32N4O4/c1-40-32(39)28(19-22-20-33-27-15-9-8-14-25(22)27)34-30(37)21-16-17-29-26(18-21)31(38)36(24-12-6-3-7-13-24)35(29)23-10-4-2-5-11-23/h3,6-9,12-18,20,23,28,33H,2,4-5,10-11,19H2,1H3,(H,34,37). The van der Waals surface area contributed by atoms with E-state index in [0.29, 0.717) is 10.9 Å². The molecule has 1 atom stereocenters.